The van der Waals surface area contributed by atoms with Gasteiger partial charge in [-0.05, 0) is 52.5 Å². The van der Waals surface area contributed by atoms with E-state index in [1.54, 1.807) is 24.3 Å². The van der Waals surface area contributed by atoms with E-state index in [0.29, 0.717) is 23.3 Å². The fraction of sp³-hybridized carbons (Fsp3) is 0.300. The number of phenolic OH excluding ortho intramolecular Hbond substituents is 1. The SMILES string of the molecule is C=CC1=CC[C@H]2C(=O)C(Br)=CC(=O)[C@@]2(Br)[C@H]1c1ccc(O)c(OCC)c1. The van der Waals surface area contributed by atoms with Crippen molar-refractivity contribution in [2.45, 2.75) is 23.6 Å². The number of aromatic hydroxyl groups is 1. The summed E-state index contributed by atoms with van der Waals surface area (Å²) >= 11 is 6.85. The molecule has 3 atom stereocenters. The number of fused-ring (bicyclic) bond motifs is 1. The molecule has 1 aromatic carbocycles. The van der Waals surface area contributed by atoms with Crippen molar-refractivity contribution in [2.24, 2.45) is 5.92 Å². The van der Waals surface area contributed by atoms with Gasteiger partial charge < -0.3 is 9.84 Å². The van der Waals surface area contributed by atoms with E-state index in [0.717, 1.165) is 11.1 Å². The molecule has 0 heterocycles. The number of carbonyl (C=O) groups is 2. The minimum absolute atomic E-state index is 0.0319. The van der Waals surface area contributed by atoms with Crippen LogP contribution in [0.4, 0.5) is 0 Å². The van der Waals surface area contributed by atoms with E-state index in [1.165, 1.54) is 6.08 Å². The molecule has 0 amide bonds. The lowest BCUT2D eigenvalue weighted by atomic mass is 9.64. The Balaban J connectivity index is 2.20. The zero-order valence-electron chi connectivity index (χ0n) is 14.2. The van der Waals surface area contributed by atoms with Crippen LogP contribution in [-0.4, -0.2) is 27.6 Å². The molecule has 0 saturated heterocycles. The maximum Gasteiger partial charge on any atom is 0.175 e. The molecule has 1 N–H and O–H groups in total. The van der Waals surface area contributed by atoms with Gasteiger partial charge in [0.2, 0.25) is 0 Å². The molecule has 0 spiro atoms. The fourth-order valence-electron chi connectivity index (χ4n) is 3.68. The van der Waals surface area contributed by atoms with Crippen LogP contribution in [0.3, 0.4) is 0 Å². The Morgan fingerprint density at radius 2 is 2.15 bits per heavy atom. The lowest BCUT2D eigenvalue weighted by Crippen LogP contribution is -2.52. The molecule has 0 aromatic heterocycles. The topological polar surface area (TPSA) is 63.6 Å². The molecule has 3 rings (SSSR count). The summed E-state index contributed by atoms with van der Waals surface area (Å²) in [6.07, 6.45) is 5.46. The molecule has 1 aromatic rings. The third-order valence-electron chi connectivity index (χ3n) is 4.89. The maximum absolute atomic E-state index is 13.0. The summed E-state index contributed by atoms with van der Waals surface area (Å²) in [7, 11) is 0. The minimum Gasteiger partial charge on any atom is -0.504 e. The summed E-state index contributed by atoms with van der Waals surface area (Å²) in [6, 6.07) is 5.01. The minimum atomic E-state index is -1.10. The summed E-state index contributed by atoms with van der Waals surface area (Å²) in [6.45, 7) is 6.11. The van der Waals surface area contributed by atoms with Crippen molar-refractivity contribution in [2.75, 3.05) is 6.61 Å². The van der Waals surface area contributed by atoms with E-state index in [-0.39, 0.29) is 17.3 Å². The first-order valence-electron chi connectivity index (χ1n) is 8.27. The molecule has 0 radical (unpaired) electrons. The number of ketones is 2. The Bertz CT molecular complexity index is 855. The number of rotatable bonds is 4. The fourth-order valence-corrected chi connectivity index (χ4v) is 5.20. The number of hydrogen-bond acceptors (Lipinski definition) is 4. The molecular formula is C20H18Br2O4. The van der Waals surface area contributed by atoms with Gasteiger partial charge in [0.15, 0.2) is 23.1 Å². The van der Waals surface area contributed by atoms with E-state index < -0.39 is 16.2 Å². The van der Waals surface area contributed by atoms with Crippen molar-refractivity contribution in [3.8, 4) is 11.5 Å². The second-order valence-electron chi connectivity index (χ2n) is 6.28. The van der Waals surface area contributed by atoms with Crippen molar-refractivity contribution in [3.63, 3.8) is 0 Å². The molecule has 4 nitrogen and oxygen atoms in total. The Hall–Kier alpha value is -1.66. The van der Waals surface area contributed by atoms with Crippen LogP contribution in [0.1, 0.15) is 24.8 Å². The Morgan fingerprint density at radius 3 is 2.81 bits per heavy atom. The molecule has 0 saturated carbocycles. The zero-order chi connectivity index (χ0) is 19.1. The third kappa shape index (κ3) is 2.89. The standard InChI is InChI=1S/C20H18Br2O4/c1-3-11-5-7-13-19(25)14(21)10-17(24)20(13,22)18(11)12-6-8-15(23)16(9-12)26-4-2/h3,5-6,8-10,13,18,23H,1,4,7H2,2H3/t13-,18+,20+/m0/s1. The number of ether oxygens (including phenoxy) is 1. The highest BCUT2D eigenvalue weighted by Gasteiger charge is 2.56. The molecular weight excluding hydrogens is 464 g/mol. The number of Topliss-reactive ketones (excluding diaryl/α,β-unsaturated/α-hetero) is 1. The third-order valence-corrected chi connectivity index (χ3v) is 6.91. The summed E-state index contributed by atoms with van der Waals surface area (Å²) in [5, 5.41) is 10.0. The number of hydrogen-bond donors (Lipinski definition) is 1. The van der Waals surface area contributed by atoms with Crippen LogP contribution in [0.25, 0.3) is 0 Å². The highest BCUT2D eigenvalue weighted by molar-refractivity contribution is 9.12. The molecule has 2 aliphatic rings. The van der Waals surface area contributed by atoms with Gasteiger partial charge in [0.25, 0.3) is 0 Å². The molecule has 0 fully saturated rings. The highest BCUT2D eigenvalue weighted by Crippen LogP contribution is 2.55. The van der Waals surface area contributed by atoms with Gasteiger partial charge in [-0.2, -0.15) is 0 Å². The van der Waals surface area contributed by atoms with Crippen LogP contribution in [0.15, 0.2) is 53.1 Å². The van der Waals surface area contributed by atoms with Crippen LogP contribution < -0.4 is 4.74 Å². The maximum atomic E-state index is 13.0. The average molecular weight is 482 g/mol. The number of allylic oxidation sites excluding steroid dienone is 5. The Labute approximate surface area is 168 Å². The Kier molecular flexibility index (Phi) is 5.26. The number of halogens is 2. The van der Waals surface area contributed by atoms with Crippen molar-refractivity contribution >= 4 is 43.4 Å². The quantitative estimate of drug-likeness (QED) is 0.639. The second kappa shape index (κ2) is 7.16. The molecule has 0 aliphatic heterocycles. The molecule has 26 heavy (non-hydrogen) atoms. The first-order valence-corrected chi connectivity index (χ1v) is 9.86. The predicted octanol–water partition coefficient (Wildman–Crippen LogP) is 4.57. The predicted molar refractivity (Wildman–Crippen MR) is 107 cm³/mol. The molecule has 0 bridgehead atoms. The summed E-state index contributed by atoms with van der Waals surface area (Å²) < 4.78 is 4.70. The number of alkyl halides is 1. The molecule has 6 heteroatoms. The smallest absolute Gasteiger partial charge is 0.175 e. The van der Waals surface area contributed by atoms with Crippen LogP contribution in [0.5, 0.6) is 11.5 Å². The number of phenols is 1. The van der Waals surface area contributed by atoms with Gasteiger partial charge in [-0.1, -0.05) is 40.7 Å². The van der Waals surface area contributed by atoms with E-state index in [2.05, 4.69) is 38.4 Å². The van der Waals surface area contributed by atoms with Gasteiger partial charge >= 0.3 is 0 Å². The lowest BCUT2D eigenvalue weighted by Gasteiger charge is -2.45. The monoisotopic (exact) mass is 480 g/mol. The van der Waals surface area contributed by atoms with Crippen LogP contribution >= 0.6 is 31.9 Å². The number of benzene rings is 1. The largest absolute Gasteiger partial charge is 0.504 e. The van der Waals surface area contributed by atoms with Gasteiger partial charge in [0.05, 0.1) is 17.0 Å². The lowest BCUT2D eigenvalue weighted by molar-refractivity contribution is -0.127. The highest BCUT2D eigenvalue weighted by atomic mass is 79.9. The molecule has 136 valence electrons. The van der Waals surface area contributed by atoms with Gasteiger partial charge in [0.1, 0.15) is 4.32 Å². The summed E-state index contributed by atoms with van der Waals surface area (Å²) in [5.74, 6) is -0.839. The van der Waals surface area contributed by atoms with Crippen molar-refractivity contribution < 1.29 is 19.4 Å². The van der Waals surface area contributed by atoms with Crippen LogP contribution in [0.2, 0.25) is 0 Å². The molecule has 2 aliphatic carbocycles. The second-order valence-corrected chi connectivity index (χ2v) is 8.45. The Morgan fingerprint density at radius 1 is 1.42 bits per heavy atom. The van der Waals surface area contributed by atoms with Gasteiger partial charge in [-0.3, -0.25) is 9.59 Å². The number of carbonyl (C=O) groups excluding carboxylic acids is 2. The van der Waals surface area contributed by atoms with E-state index in [9.17, 15) is 14.7 Å². The normalized spacial score (nSPS) is 28.1. The van der Waals surface area contributed by atoms with E-state index in [1.807, 2.05) is 13.0 Å². The average Bonchev–Trinajstić information content (AvgIpc) is 2.61. The summed E-state index contributed by atoms with van der Waals surface area (Å²) in [5.41, 5.74) is 1.63. The summed E-state index contributed by atoms with van der Waals surface area (Å²) in [4.78, 5) is 25.7. The van der Waals surface area contributed by atoms with Crippen molar-refractivity contribution in [1.29, 1.82) is 0 Å². The van der Waals surface area contributed by atoms with Crippen LogP contribution in [-0.2, 0) is 9.59 Å². The van der Waals surface area contributed by atoms with Crippen molar-refractivity contribution in [1.82, 2.24) is 0 Å². The first-order chi connectivity index (χ1) is 12.3. The van der Waals surface area contributed by atoms with E-state index in [4.69, 9.17) is 4.74 Å². The van der Waals surface area contributed by atoms with Crippen LogP contribution in [0, 0.1) is 5.92 Å². The zero-order valence-corrected chi connectivity index (χ0v) is 17.3. The first kappa shape index (κ1) is 19.1. The van der Waals surface area contributed by atoms with Gasteiger partial charge in [0, 0.05) is 12.0 Å². The van der Waals surface area contributed by atoms with Gasteiger partial charge in [-0.15, -0.1) is 0 Å². The van der Waals surface area contributed by atoms with Gasteiger partial charge in [-0.25, -0.2) is 0 Å². The molecule has 0 unspecified atom stereocenters. The van der Waals surface area contributed by atoms with E-state index >= 15 is 0 Å². The van der Waals surface area contributed by atoms with Crippen molar-refractivity contribution in [3.05, 3.63) is 58.6 Å².